The molecule has 2 aliphatic rings. The number of fused-ring (bicyclic) bond motifs is 1. The van der Waals surface area contributed by atoms with Crippen molar-refractivity contribution in [3.8, 4) is 0 Å². The van der Waals surface area contributed by atoms with E-state index < -0.39 is 10.0 Å². The van der Waals surface area contributed by atoms with Gasteiger partial charge in [-0.25, -0.2) is 8.42 Å². The zero-order valence-electron chi connectivity index (χ0n) is 11.9. The summed E-state index contributed by atoms with van der Waals surface area (Å²) in [6.45, 7) is 3.70. The number of hydrogen-bond acceptors (Lipinski definition) is 3. The van der Waals surface area contributed by atoms with Crippen LogP contribution >= 0.6 is 0 Å². The van der Waals surface area contributed by atoms with Gasteiger partial charge in [0.2, 0.25) is 10.0 Å². The molecular formula is C15H22N2O2S. The monoisotopic (exact) mass is 294 g/mol. The average molecular weight is 294 g/mol. The van der Waals surface area contributed by atoms with Crippen molar-refractivity contribution in [3.63, 3.8) is 0 Å². The highest BCUT2D eigenvalue weighted by Gasteiger charge is 2.34. The third-order valence-electron chi connectivity index (χ3n) is 4.42. The van der Waals surface area contributed by atoms with Gasteiger partial charge in [-0.15, -0.1) is 0 Å². The van der Waals surface area contributed by atoms with E-state index in [0.29, 0.717) is 11.4 Å². The highest BCUT2D eigenvalue weighted by atomic mass is 32.2. The van der Waals surface area contributed by atoms with Crippen LogP contribution in [0, 0.1) is 0 Å². The second-order valence-corrected chi connectivity index (χ2v) is 7.56. The zero-order chi connectivity index (χ0) is 14.2. The van der Waals surface area contributed by atoms with Gasteiger partial charge in [0.25, 0.3) is 0 Å². The third kappa shape index (κ3) is 2.33. The minimum absolute atomic E-state index is 0.175. The van der Waals surface area contributed by atoms with Crippen LogP contribution in [0.3, 0.4) is 0 Å². The Balaban J connectivity index is 1.95. The molecule has 3 rings (SSSR count). The van der Waals surface area contributed by atoms with Gasteiger partial charge in [-0.2, -0.15) is 4.31 Å². The second kappa shape index (κ2) is 5.37. The topological polar surface area (TPSA) is 49.4 Å². The largest absolute Gasteiger partial charge is 0.385 e. The molecular weight excluding hydrogens is 272 g/mol. The van der Waals surface area contributed by atoms with E-state index in [9.17, 15) is 8.42 Å². The fourth-order valence-electron chi connectivity index (χ4n) is 3.28. The molecule has 0 spiro atoms. The Bertz CT molecular complexity index is 598. The molecule has 0 saturated carbocycles. The first-order valence-corrected chi connectivity index (χ1v) is 8.95. The van der Waals surface area contributed by atoms with E-state index >= 15 is 0 Å². The van der Waals surface area contributed by atoms with E-state index in [0.717, 1.165) is 49.9 Å². The van der Waals surface area contributed by atoms with Crippen LogP contribution in [0.5, 0.6) is 0 Å². The van der Waals surface area contributed by atoms with Gasteiger partial charge in [-0.3, -0.25) is 0 Å². The van der Waals surface area contributed by atoms with Crippen molar-refractivity contribution >= 4 is 15.7 Å². The molecule has 2 heterocycles. The molecule has 0 aliphatic carbocycles. The Morgan fingerprint density at radius 1 is 1.35 bits per heavy atom. The maximum atomic E-state index is 12.8. The Morgan fingerprint density at radius 3 is 3.00 bits per heavy atom. The fraction of sp³-hybridized carbons (Fsp3) is 0.600. The smallest absolute Gasteiger partial charge is 0.243 e. The molecule has 110 valence electrons. The first kappa shape index (κ1) is 13.9. The van der Waals surface area contributed by atoms with Gasteiger partial charge in [0.05, 0.1) is 4.90 Å². The molecule has 2 aliphatic heterocycles. The van der Waals surface area contributed by atoms with Crippen molar-refractivity contribution in [2.24, 2.45) is 0 Å². The number of benzene rings is 1. The zero-order valence-corrected chi connectivity index (χ0v) is 12.7. The molecule has 1 aromatic rings. The normalized spacial score (nSPS) is 23.4. The Hall–Kier alpha value is -1.07. The Morgan fingerprint density at radius 2 is 2.20 bits per heavy atom. The highest BCUT2D eigenvalue weighted by molar-refractivity contribution is 7.89. The van der Waals surface area contributed by atoms with Crippen molar-refractivity contribution in [2.45, 2.75) is 50.0 Å². The summed E-state index contributed by atoms with van der Waals surface area (Å²) in [4.78, 5) is 0.459. The van der Waals surface area contributed by atoms with Gasteiger partial charge in [-0.1, -0.05) is 6.92 Å². The molecule has 5 heteroatoms. The molecule has 1 fully saturated rings. The van der Waals surface area contributed by atoms with Gasteiger partial charge < -0.3 is 5.32 Å². The third-order valence-corrected chi connectivity index (χ3v) is 6.36. The maximum Gasteiger partial charge on any atom is 0.243 e. The van der Waals surface area contributed by atoms with Crippen LogP contribution in [0.2, 0.25) is 0 Å². The summed E-state index contributed by atoms with van der Waals surface area (Å²) < 4.78 is 27.3. The van der Waals surface area contributed by atoms with Crippen LogP contribution in [-0.4, -0.2) is 31.9 Å². The number of nitrogens with one attached hydrogen (secondary N) is 1. The summed E-state index contributed by atoms with van der Waals surface area (Å²) in [5.74, 6) is 0. The lowest BCUT2D eigenvalue weighted by Crippen LogP contribution is -2.35. The van der Waals surface area contributed by atoms with Crippen LogP contribution in [0.1, 0.15) is 38.2 Å². The molecule has 1 N–H and O–H groups in total. The first-order valence-electron chi connectivity index (χ1n) is 7.51. The van der Waals surface area contributed by atoms with Crippen LogP contribution in [0.15, 0.2) is 23.1 Å². The number of aryl methyl sites for hydroxylation is 1. The van der Waals surface area contributed by atoms with E-state index in [4.69, 9.17) is 0 Å². The van der Waals surface area contributed by atoms with Crippen molar-refractivity contribution in [2.75, 3.05) is 18.4 Å². The van der Waals surface area contributed by atoms with Gasteiger partial charge in [-0.05, 0) is 55.9 Å². The van der Waals surface area contributed by atoms with Crippen LogP contribution < -0.4 is 5.32 Å². The van der Waals surface area contributed by atoms with Gasteiger partial charge in [0.1, 0.15) is 0 Å². The fourth-order valence-corrected chi connectivity index (χ4v) is 5.10. The summed E-state index contributed by atoms with van der Waals surface area (Å²) in [6, 6.07) is 5.70. The summed E-state index contributed by atoms with van der Waals surface area (Å²) in [5, 5.41) is 3.32. The predicted molar refractivity (Wildman–Crippen MR) is 80.5 cm³/mol. The molecule has 1 unspecified atom stereocenters. The van der Waals surface area contributed by atoms with Crippen molar-refractivity contribution in [3.05, 3.63) is 23.8 Å². The number of sulfonamides is 1. The van der Waals surface area contributed by atoms with Crippen molar-refractivity contribution in [1.29, 1.82) is 0 Å². The summed E-state index contributed by atoms with van der Waals surface area (Å²) in [6.07, 6.45) is 4.89. The SMILES string of the molecule is CCC1CCCN1S(=O)(=O)c1ccc2c(c1)CCCN2. The maximum absolute atomic E-state index is 12.8. The van der Waals surface area contributed by atoms with Crippen molar-refractivity contribution < 1.29 is 8.42 Å². The van der Waals surface area contributed by atoms with E-state index in [1.807, 2.05) is 12.1 Å². The first-order chi connectivity index (χ1) is 9.63. The minimum Gasteiger partial charge on any atom is -0.385 e. The van der Waals surface area contributed by atoms with E-state index in [2.05, 4.69) is 12.2 Å². The standard InChI is InChI=1S/C15H22N2O2S/c1-2-13-6-4-10-17(13)20(18,19)14-7-8-15-12(11-14)5-3-9-16-15/h7-8,11,13,16H,2-6,9-10H2,1H3. The molecule has 0 radical (unpaired) electrons. The number of nitrogens with zero attached hydrogens (tertiary/aromatic N) is 1. The van der Waals surface area contributed by atoms with E-state index in [1.165, 1.54) is 0 Å². The van der Waals surface area contributed by atoms with E-state index in [1.54, 1.807) is 10.4 Å². The molecule has 0 aromatic heterocycles. The lowest BCUT2D eigenvalue weighted by atomic mass is 10.0. The lowest BCUT2D eigenvalue weighted by molar-refractivity contribution is 0.379. The minimum atomic E-state index is -3.33. The molecule has 4 nitrogen and oxygen atoms in total. The Labute approximate surface area is 121 Å². The number of anilines is 1. The van der Waals surface area contributed by atoms with Gasteiger partial charge in [0, 0.05) is 24.8 Å². The highest BCUT2D eigenvalue weighted by Crippen LogP contribution is 2.30. The number of hydrogen-bond donors (Lipinski definition) is 1. The predicted octanol–water partition coefficient (Wildman–Crippen LogP) is 2.61. The van der Waals surface area contributed by atoms with Gasteiger partial charge in [0.15, 0.2) is 0 Å². The van der Waals surface area contributed by atoms with Crippen LogP contribution in [0.25, 0.3) is 0 Å². The lowest BCUT2D eigenvalue weighted by Gasteiger charge is -2.24. The number of rotatable bonds is 3. The molecule has 0 bridgehead atoms. The quantitative estimate of drug-likeness (QED) is 0.932. The molecule has 20 heavy (non-hydrogen) atoms. The van der Waals surface area contributed by atoms with Crippen LogP contribution in [-0.2, 0) is 16.4 Å². The second-order valence-electron chi connectivity index (χ2n) is 5.67. The van der Waals surface area contributed by atoms with E-state index in [-0.39, 0.29) is 6.04 Å². The Kier molecular flexibility index (Phi) is 3.73. The van der Waals surface area contributed by atoms with Gasteiger partial charge >= 0.3 is 0 Å². The summed E-state index contributed by atoms with van der Waals surface area (Å²) in [7, 11) is -3.33. The molecule has 0 amide bonds. The molecule has 1 aromatic carbocycles. The summed E-state index contributed by atoms with van der Waals surface area (Å²) in [5.41, 5.74) is 2.22. The molecule has 1 saturated heterocycles. The average Bonchev–Trinajstić information content (AvgIpc) is 2.96. The van der Waals surface area contributed by atoms with Crippen LogP contribution in [0.4, 0.5) is 5.69 Å². The summed E-state index contributed by atoms with van der Waals surface area (Å²) >= 11 is 0. The van der Waals surface area contributed by atoms with Crippen molar-refractivity contribution in [1.82, 2.24) is 4.31 Å². The molecule has 1 atom stereocenters.